The van der Waals surface area contributed by atoms with Gasteiger partial charge in [-0.3, -0.25) is 19.1 Å². The summed E-state index contributed by atoms with van der Waals surface area (Å²) in [5.41, 5.74) is -2.44. The quantitative estimate of drug-likeness (QED) is 0.294. The molecule has 2 saturated carbocycles. The summed E-state index contributed by atoms with van der Waals surface area (Å²) in [6.07, 6.45) is 6.00. The molecule has 15 nitrogen and oxygen atoms in total. The molecule has 1 saturated heterocycles. The normalized spacial score (nSPS) is 29.2. The summed E-state index contributed by atoms with van der Waals surface area (Å²) in [4.78, 5) is 68.5. The van der Waals surface area contributed by atoms with Crippen LogP contribution in [0.3, 0.4) is 0 Å². The number of allylic oxidation sites excluding steroid dienone is 1. The first-order chi connectivity index (χ1) is 22.1. The second kappa shape index (κ2) is 13.3. The largest absolute Gasteiger partial charge is 0.456 e. The summed E-state index contributed by atoms with van der Waals surface area (Å²) in [5, 5.41) is 8.45. The molecule has 16 heteroatoms. The highest BCUT2D eigenvalue weighted by Crippen LogP contribution is 2.46. The number of nitrogens with zero attached hydrogens (tertiary/aromatic N) is 2. The Morgan fingerprint density at radius 2 is 1.87 bits per heavy atom. The lowest BCUT2D eigenvalue weighted by Crippen LogP contribution is -2.58. The standard InChI is InChI=1S/C31H43N5O10S/c1-18-14-23(34-46-18)27(39)44-20-15-24-25(37)33-31(28(40)35-47(42,43)21-12-13-21)16-19(31)10-8-6-5-7-9-11-22(26(38)36(24)17-20)32-29(41)45-30(2,3)4/h8,10,14,19-22,24H,5-7,9,11-13,15-17H2,1-4H3,(H,32,41)(H,33,37)(H,35,40)/b10-8-. The first kappa shape index (κ1) is 34.4. The van der Waals surface area contributed by atoms with Crippen molar-refractivity contribution in [2.45, 2.75) is 120 Å². The van der Waals surface area contributed by atoms with Gasteiger partial charge in [0, 0.05) is 18.4 Å². The third-order valence-corrected chi connectivity index (χ3v) is 10.5. The van der Waals surface area contributed by atoms with E-state index in [2.05, 4.69) is 20.5 Å². The average molecular weight is 678 g/mol. The fraction of sp³-hybridized carbons (Fsp3) is 0.677. The van der Waals surface area contributed by atoms with Gasteiger partial charge < -0.3 is 29.5 Å². The number of nitrogens with one attached hydrogen (secondary N) is 3. The zero-order valence-electron chi connectivity index (χ0n) is 27.1. The molecule has 4 aliphatic rings. The van der Waals surface area contributed by atoms with Crippen LogP contribution in [-0.4, -0.2) is 89.4 Å². The van der Waals surface area contributed by atoms with Crippen LogP contribution in [0.2, 0.25) is 0 Å². The van der Waals surface area contributed by atoms with Crippen molar-refractivity contribution in [3.63, 3.8) is 0 Å². The molecule has 4 amide bonds. The number of esters is 1. The lowest BCUT2D eigenvalue weighted by molar-refractivity contribution is -0.141. The summed E-state index contributed by atoms with van der Waals surface area (Å²) in [5.74, 6) is -3.00. The van der Waals surface area contributed by atoms with E-state index in [1.54, 1.807) is 27.7 Å². The minimum atomic E-state index is -3.90. The van der Waals surface area contributed by atoms with Crippen molar-refractivity contribution in [3.8, 4) is 0 Å². The molecular formula is C31H43N5O10S. The fourth-order valence-corrected chi connectivity index (χ4v) is 7.34. The van der Waals surface area contributed by atoms with Gasteiger partial charge in [0.1, 0.15) is 35.1 Å². The maximum atomic E-state index is 14.1. The molecule has 1 aromatic heterocycles. The van der Waals surface area contributed by atoms with Crippen molar-refractivity contribution in [1.82, 2.24) is 25.4 Å². The maximum absolute atomic E-state index is 14.1. The van der Waals surface area contributed by atoms with Crippen LogP contribution in [0.1, 0.15) is 94.8 Å². The summed E-state index contributed by atoms with van der Waals surface area (Å²) in [7, 11) is -3.90. The number of rotatable bonds is 6. The maximum Gasteiger partial charge on any atom is 0.408 e. The molecule has 5 unspecified atom stereocenters. The Bertz CT molecular complexity index is 1550. The Morgan fingerprint density at radius 3 is 2.53 bits per heavy atom. The zero-order chi connectivity index (χ0) is 34.1. The number of amides is 4. The van der Waals surface area contributed by atoms with E-state index in [1.807, 2.05) is 12.2 Å². The number of hydrogen-bond acceptors (Lipinski definition) is 11. The molecule has 3 fully saturated rings. The Labute approximate surface area is 273 Å². The predicted octanol–water partition coefficient (Wildman–Crippen LogP) is 2.01. The SMILES string of the molecule is Cc1cc(C(=O)OC2CC3C(=O)NC4(C(=O)NS(=O)(=O)C5CC5)CC4/C=C\CCCCCC(NC(=O)OC(C)(C)C)C(=O)N3C2)no1. The topological polar surface area (TPSA) is 203 Å². The fourth-order valence-electron chi connectivity index (χ4n) is 5.97. The molecule has 5 atom stereocenters. The number of hydrogen-bond donors (Lipinski definition) is 3. The van der Waals surface area contributed by atoms with Crippen LogP contribution in [0.25, 0.3) is 0 Å². The van der Waals surface area contributed by atoms with Gasteiger partial charge in [-0.1, -0.05) is 30.2 Å². The van der Waals surface area contributed by atoms with E-state index in [1.165, 1.54) is 11.0 Å². The number of carbonyl (C=O) groups excluding carboxylic acids is 5. The van der Waals surface area contributed by atoms with Gasteiger partial charge in [0.25, 0.3) is 5.91 Å². The van der Waals surface area contributed by atoms with Crippen molar-refractivity contribution in [3.05, 3.63) is 29.7 Å². The van der Waals surface area contributed by atoms with E-state index in [0.717, 1.165) is 12.8 Å². The smallest absolute Gasteiger partial charge is 0.408 e. The minimum Gasteiger partial charge on any atom is -0.456 e. The lowest BCUT2D eigenvalue weighted by atomic mass is 10.0. The van der Waals surface area contributed by atoms with Gasteiger partial charge in [-0.25, -0.2) is 18.0 Å². The van der Waals surface area contributed by atoms with Crippen LogP contribution in [0.4, 0.5) is 4.79 Å². The van der Waals surface area contributed by atoms with Gasteiger partial charge in [0.15, 0.2) is 5.69 Å². The van der Waals surface area contributed by atoms with E-state index in [-0.39, 0.29) is 31.5 Å². The third kappa shape index (κ3) is 8.32. The number of alkyl carbamates (subject to hydrolysis) is 1. The predicted molar refractivity (Wildman–Crippen MR) is 165 cm³/mol. The second-order valence-corrected chi connectivity index (χ2v) is 15.8. The van der Waals surface area contributed by atoms with Crippen LogP contribution in [0.15, 0.2) is 22.7 Å². The van der Waals surface area contributed by atoms with Crippen molar-refractivity contribution in [2.75, 3.05) is 6.54 Å². The van der Waals surface area contributed by atoms with Gasteiger partial charge in [-0.15, -0.1) is 0 Å². The van der Waals surface area contributed by atoms with Crippen molar-refractivity contribution in [2.24, 2.45) is 5.92 Å². The number of sulfonamides is 1. The summed E-state index contributed by atoms with van der Waals surface area (Å²) < 4.78 is 43.5. The molecule has 258 valence electrons. The van der Waals surface area contributed by atoms with Gasteiger partial charge in [-0.05, 0) is 66.2 Å². The highest BCUT2D eigenvalue weighted by molar-refractivity contribution is 7.91. The molecule has 0 bridgehead atoms. The minimum absolute atomic E-state index is 0.0766. The van der Waals surface area contributed by atoms with Crippen LogP contribution < -0.4 is 15.4 Å². The lowest BCUT2D eigenvalue weighted by Gasteiger charge is -2.30. The molecular weight excluding hydrogens is 634 g/mol. The molecule has 0 radical (unpaired) electrons. The molecule has 1 aromatic rings. The monoisotopic (exact) mass is 677 g/mol. The van der Waals surface area contributed by atoms with Gasteiger partial charge in [0.2, 0.25) is 21.8 Å². The van der Waals surface area contributed by atoms with Crippen molar-refractivity contribution >= 4 is 39.8 Å². The highest BCUT2D eigenvalue weighted by Gasteiger charge is 2.62. The highest BCUT2D eigenvalue weighted by atomic mass is 32.2. The Hall–Kier alpha value is -3.95. The van der Waals surface area contributed by atoms with E-state index < -0.39 is 80.3 Å². The average Bonchev–Trinajstić information content (AvgIpc) is 3.86. The van der Waals surface area contributed by atoms with E-state index in [0.29, 0.717) is 31.4 Å². The van der Waals surface area contributed by atoms with E-state index >= 15 is 0 Å². The Morgan fingerprint density at radius 1 is 1.13 bits per heavy atom. The molecule has 3 heterocycles. The van der Waals surface area contributed by atoms with Crippen LogP contribution in [0.5, 0.6) is 0 Å². The molecule has 2 aliphatic heterocycles. The molecule has 0 spiro atoms. The number of aromatic nitrogens is 1. The summed E-state index contributed by atoms with van der Waals surface area (Å²) in [6, 6.07) is -0.862. The van der Waals surface area contributed by atoms with Crippen molar-refractivity contribution < 1.29 is 46.4 Å². The zero-order valence-corrected chi connectivity index (χ0v) is 27.9. The summed E-state index contributed by atoms with van der Waals surface area (Å²) >= 11 is 0. The van der Waals surface area contributed by atoms with Gasteiger partial charge >= 0.3 is 12.1 Å². The molecule has 47 heavy (non-hydrogen) atoms. The van der Waals surface area contributed by atoms with E-state index in [4.69, 9.17) is 14.0 Å². The third-order valence-electron chi connectivity index (χ3n) is 8.64. The van der Waals surface area contributed by atoms with Gasteiger partial charge in [0.05, 0.1) is 11.8 Å². The number of carbonyl (C=O) groups is 5. The van der Waals surface area contributed by atoms with E-state index in [9.17, 15) is 32.4 Å². The first-order valence-electron chi connectivity index (χ1n) is 16.1. The van der Waals surface area contributed by atoms with Crippen molar-refractivity contribution in [1.29, 1.82) is 0 Å². The molecule has 3 N–H and O–H groups in total. The number of ether oxygens (including phenoxy) is 2. The van der Waals surface area contributed by atoms with Crippen LogP contribution in [0, 0.1) is 12.8 Å². The summed E-state index contributed by atoms with van der Waals surface area (Å²) in [6.45, 7) is 6.52. The van der Waals surface area contributed by atoms with Crippen LogP contribution >= 0.6 is 0 Å². The molecule has 5 rings (SSSR count). The second-order valence-electron chi connectivity index (χ2n) is 13.8. The number of fused-ring (bicyclic) bond motifs is 2. The first-order valence-corrected chi connectivity index (χ1v) is 17.6. The molecule has 0 aromatic carbocycles. The van der Waals surface area contributed by atoms with Crippen LogP contribution in [-0.2, 0) is 33.9 Å². The Kier molecular flexibility index (Phi) is 9.71. The van der Waals surface area contributed by atoms with Gasteiger partial charge in [-0.2, -0.15) is 0 Å². The number of aryl methyl sites for hydroxylation is 1. The Balaban J connectivity index is 1.42. The molecule has 2 aliphatic carbocycles.